The summed E-state index contributed by atoms with van der Waals surface area (Å²) in [5, 5.41) is 2.43. The number of hydrogen-bond donors (Lipinski definition) is 1. The topological polar surface area (TPSA) is 72.5 Å². The number of amides is 1. The van der Waals surface area contributed by atoms with Gasteiger partial charge in [-0.1, -0.05) is 18.2 Å². The molecule has 2 aromatic carbocycles. The molecule has 0 aromatic heterocycles. The van der Waals surface area contributed by atoms with Gasteiger partial charge in [0.2, 0.25) is 0 Å². The molecule has 0 fully saturated rings. The van der Waals surface area contributed by atoms with Gasteiger partial charge in [0.25, 0.3) is 5.91 Å². The van der Waals surface area contributed by atoms with Crippen LogP contribution in [-0.2, 0) is 26.1 Å². The largest absolute Gasteiger partial charge is 0.452 e. The first-order chi connectivity index (χ1) is 11.4. The molecule has 24 heavy (non-hydrogen) atoms. The van der Waals surface area contributed by atoms with Gasteiger partial charge in [0.1, 0.15) is 5.82 Å². The van der Waals surface area contributed by atoms with Crippen molar-refractivity contribution in [2.75, 3.05) is 18.2 Å². The molecule has 7 heteroatoms. The molecule has 0 heterocycles. The highest BCUT2D eigenvalue weighted by Gasteiger charge is 2.11. The third-order valence-electron chi connectivity index (χ3n) is 2.98. The first-order valence-corrected chi connectivity index (χ1v) is 8.78. The van der Waals surface area contributed by atoms with Crippen LogP contribution in [0.25, 0.3) is 0 Å². The van der Waals surface area contributed by atoms with E-state index in [4.69, 9.17) is 4.74 Å². The molecule has 0 saturated heterocycles. The average molecular weight is 349 g/mol. The Kier molecular flexibility index (Phi) is 6.20. The van der Waals surface area contributed by atoms with Crippen LogP contribution in [0, 0.1) is 5.82 Å². The van der Waals surface area contributed by atoms with E-state index in [2.05, 4.69) is 5.32 Å². The van der Waals surface area contributed by atoms with Crippen LogP contribution in [-0.4, -0.2) is 28.9 Å². The Morgan fingerprint density at radius 1 is 1.17 bits per heavy atom. The number of rotatable bonds is 6. The second kappa shape index (κ2) is 8.35. The number of benzene rings is 2. The molecule has 2 aromatic rings. The van der Waals surface area contributed by atoms with Crippen LogP contribution >= 0.6 is 0 Å². The third-order valence-corrected chi connectivity index (χ3v) is 3.72. The molecule has 5 nitrogen and oxygen atoms in total. The van der Waals surface area contributed by atoms with E-state index >= 15 is 0 Å². The first kappa shape index (κ1) is 17.8. The SMILES string of the molecule is CS(=O)Cc1cccc(C(=O)OCC(=O)Nc2cccc(F)c2)c1. The molecule has 126 valence electrons. The molecule has 0 aliphatic carbocycles. The van der Waals surface area contributed by atoms with Crippen molar-refractivity contribution >= 4 is 28.4 Å². The number of carbonyl (C=O) groups excluding carboxylic acids is 2. The fourth-order valence-electron chi connectivity index (χ4n) is 2.00. The normalized spacial score (nSPS) is 11.6. The molecule has 0 radical (unpaired) electrons. The Morgan fingerprint density at radius 2 is 1.92 bits per heavy atom. The third kappa shape index (κ3) is 5.58. The highest BCUT2D eigenvalue weighted by Crippen LogP contribution is 2.10. The maximum atomic E-state index is 13.0. The van der Waals surface area contributed by atoms with Gasteiger partial charge in [-0.05, 0) is 35.9 Å². The van der Waals surface area contributed by atoms with Crippen molar-refractivity contribution in [1.29, 1.82) is 0 Å². The zero-order valence-electron chi connectivity index (χ0n) is 13.0. The van der Waals surface area contributed by atoms with Gasteiger partial charge < -0.3 is 10.1 Å². The molecule has 0 aliphatic rings. The van der Waals surface area contributed by atoms with Gasteiger partial charge in [0, 0.05) is 28.5 Å². The lowest BCUT2D eigenvalue weighted by atomic mass is 10.1. The summed E-state index contributed by atoms with van der Waals surface area (Å²) in [5.41, 5.74) is 1.30. The number of nitrogens with one attached hydrogen (secondary N) is 1. The summed E-state index contributed by atoms with van der Waals surface area (Å²) in [6.07, 6.45) is 1.57. The zero-order valence-corrected chi connectivity index (χ0v) is 13.8. The molecule has 1 amide bonds. The van der Waals surface area contributed by atoms with Gasteiger partial charge in [0.15, 0.2) is 6.61 Å². The Morgan fingerprint density at radius 3 is 2.62 bits per heavy atom. The number of ether oxygens (including phenoxy) is 1. The highest BCUT2D eigenvalue weighted by atomic mass is 32.2. The van der Waals surface area contributed by atoms with Crippen molar-refractivity contribution in [3.8, 4) is 0 Å². The number of esters is 1. The zero-order chi connectivity index (χ0) is 17.5. The first-order valence-electron chi connectivity index (χ1n) is 7.05. The lowest BCUT2D eigenvalue weighted by molar-refractivity contribution is -0.119. The van der Waals surface area contributed by atoms with Crippen LogP contribution in [0.5, 0.6) is 0 Å². The summed E-state index contributed by atoms with van der Waals surface area (Å²) >= 11 is 0. The minimum absolute atomic E-state index is 0.275. The highest BCUT2D eigenvalue weighted by molar-refractivity contribution is 7.83. The fourth-order valence-corrected chi connectivity index (χ4v) is 2.65. The molecule has 0 spiro atoms. The summed E-state index contributed by atoms with van der Waals surface area (Å²) in [6, 6.07) is 11.9. The van der Waals surface area contributed by atoms with Crippen LogP contribution in [0.3, 0.4) is 0 Å². The molecule has 1 unspecified atom stereocenters. The van der Waals surface area contributed by atoms with Crippen LogP contribution < -0.4 is 5.32 Å². The summed E-state index contributed by atoms with van der Waals surface area (Å²) in [6.45, 7) is -0.487. The van der Waals surface area contributed by atoms with Crippen molar-refractivity contribution in [2.24, 2.45) is 0 Å². The maximum Gasteiger partial charge on any atom is 0.338 e. The summed E-state index contributed by atoms with van der Waals surface area (Å²) in [7, 11) is -1.02. The van der Waals surface area contributed by atoms with Crippen LogP contribution in [0.4, 0.5) is 10.1 Å². The quantitative estimate of drug-likeness (QED) is 0.814. The van der Waals surface area contributed by atoms with Crippen molar-refractivity contribution in [2.45, 2.75) is 5.75 Å². The summed E-state index contributed by atoms with van der Waals surface area (Å²) < 4.78 is 29.2. The monoisotopic (exact) mass is 349 g/mol. The van der Waals surface area contributed by atoms with Gasteiger partial charge in [-0.2, -0.15) is 0 Å². The Balaban J connectivity index is 1.90. The second-order valence-corrected chi connectivity index (χ2v) is 6.49. The van der Waals surface area contributed by atoms with E-state index in [1.54, 1.807) is 30.5 Å². The number of halogens is 1. The molecular weight excluding hydrogens is 333 g/mol. The van der Waals surface area contributed by atoms with Gasteiger partial charge in [-0.3, -0.25) is 9.00 Å². The van der Waals surface area contributed by atoms with Crippen LogP contribution in [0.1, 0.15) is 15.9 Å². The van der Waals surface area contributed by atoms with Crippen molar-refractivity contribution in [3.63, 3.8) is 0 Å². The van der Waals surface area contributed by atoms with E-state index in [0.29, 0.717) is 5.75 Å². The Bertz CT molecular complexity index is 779. The van der Waals surface area contributed by atoms with E-state index in [-0.39, 0.29) is 11.3 Å². The van der Waals surface area contributed by atoms with Crippen LogP contribution in [0.15, 0.2) is 48.5 Å². The molecule has 1 atom stereocenters. The smallest absolute Gasteiger partial charge is 0.338 e. The molecule has 2 rings (SSSR count). The average Bonchev–Trinajstić information content (AvgIpc) is 2.52. The Hall–Kier alpha value is -2.54. The molecule has 0 bridgehead atoms. The van der Waals surface area contributed by atoms with Gasteiger partial charge in [-0.15, -0.1) is 0 Å². The Labute approximate surface area is 141 Å². The predicted molar refractivity (Wildman–Crippen MR) is 89.5 cm³/mol. The second-order valence-electron chi connectivity index (χ2n) is 5.05. The van der Waals surface area contributed by atoms with Crippen molar-refractivity contribution < 1.29 is 22.9 Å². The van der Waals surface area contributed by atoms with E-state index in [1.165, 1.54) is 18.2 Å². The molecule has 0 saturated carbocycles. The predicted octanol–water partition coefficient (Wildman–Crippen LogP) is 2.50. The minimum atomic E-state index is -1.02. The van der Waals surface area contributed by atoms with Crippen molar-refractivity contribution in [1.82, 2.24) is 0 Å². The van der Waals surface area contributed by atoms with Gasteiger partial charge in [0.05, 0.1) is 5.56 Å². The molecular formula is C17H16FNO4S. The van der Waals surface area contributed by atoms with Gasteiger partial charge >= 0.3 is 5.97 Å². The lowest BCUT2D eigenvalue weighted by Crippen LogP contribution is -2.21. The van der Waals surface area contributed by atoms with E-state index in [0.717, 1.165) is 11.6 Å². The van der Waals surface area contributed by atoms with E-state index in [1.807, 2.05) is 0 Å². The summed E-state index contributed by atoms with van der Waals surface area (Å²) in [4.78, 5) is 23.7. The fraction of sp³-hybridized carbons (Fsp3) is 0.176. The summed E-state index contributed by atoms with van der Waals surface area (Å²) in [5.74, 6) is -1.37. The van der Waals surface area contributed by atoms with Crippen LogP contribution in [0.2, 0.25) is 0 Å². The number of hydrogen-bond acceptors (Lipinski definition) is 4. The molecule has 1 N–H and O–H groups in total. The van der Waals surface area contributed by atoms with Crippen molar-refractivity contribution in [3.05, 3.63) is 65.5 Å². The maximum absolute atomic E-state index is 13.0. The van der Waals surface area contributed by atoms with E-state index in [9.17, 15) is 18.2 Å². The van der Waals surface area contributed by atoms with E-state index < -0.39 is 35.1 Å². The molecule has 0 aliphatic heterocycles. The van der Waals surface area contributed by atoms with Gasteiger partial charge in [-0.25, -0.2) is 9.18 Å². The minimum Gasteiger partial charge on any atom is -0.452 e. The lowest BCUT2D eigenvalue weighted by Gasteiger charge is -2.07. The number of carbonyl (C=O) groups is 2. The number of anilines is 1. The standard InChI is InChI=1S/C17H16FNO4S/c1-24(22)11-12-4-2-5-13(8-12)17(21)23-10-16(20)19-15-7-3-6-14(18)9-15/h2-9H,10-11H2,1H3,(H,19,20).